The highest BCUT2D eigenvalue weighted by molar-refractivity contribution is 5.93. The van der Waals surface area contributed by atoms with Gasteiger partial charge >= 0.3 is 5.97 Å². The van der Waals surface area contributed by atoms with E-state index in [1.165, 1.54) is 28.8 Å². The van der Waals surface area contributed by atoms with Crippen LogP contribution in [0.15, 0.2) is 41.3 Å². The van der Waals surface area contributed by atoms with Gasteiger partial charge in [0.05, 0.1) is 5.52 Å². The highest BCUT2D eigenvalue weighted by Gasteiger charge is 2.42. The van der Waals surface area contributed by atoms with Crippen molar-refractivity contribution in [3.05, 3.63) is 63.7 Å². The number of benzene rings is 2. The Morgan fingerprint density at radius 1 is 1.15 bits per heavy atom. The Balaban J connectivity index is 2.11. The first kappa shape index (κ1) is 17.0. The molecule has 1 saturated carbocycles. The predicted molar refractivity (Wildman–Crippen MR) is 94.9 cm³/mol. The van der Waals surface area contributed by atoms with Crippen LogP contribution in [0.5, 0.6) is 11.5 Å². The predicted octanol–water partition coefficient (Wildman–Crippen LogP) is 2.19. The second kappa shape index (κ2) is 5.55. The fraction of sp³-hybridized carbons (Fsp3) is 0.158. The number of hydrogen-bond acceptors (Lipinski definition) is 5. The molecule has 0 atom stereocenters. The molecule has 27 heavy (non-hydrogen) atoms. The lowest BCUT2D eigenvalue weighted by Gasteiger charge is -2.17. The fourth-order valence-corrected chi connectivity index (χ4v) is 3.16. The third-order valence-electron chi connectivity index (χ3n) is 4.89. The van der Waals surface area contributed by atoms with Crippen LogP contribution < -0.4 is 11.2 Å². The maximum absolute atomic E-state index is 14.6. The van der Waals surface area contributed by atoms with Crippen LogP contribution in [0.3, 0.4) is 0 Å². The monoisotopic (exact) mass is 370 g/mol. The number of carboxylic acids is 1. The van der Waals surface area contributed by atoms with Gasteiger partial charge in [0, 0.05) is 34.4 Å². The lowest BCUT2D eigenvalue weighted by molar-refractivity contribution is 0.0695. The SMILES string of the molecule is NC1(c2cc3c(cc2F)c(=O)c(C(=O)O)cn3-c2ccc(O)c(O)c2)CC1. The number of rotatable bonds is 3. The number of phenolic OH excluding ortho intramolecular Hbond substituents is 2. The third kappa shape index (κ3) is 2.61. The highest BCUT2D eigenvalue weighted by atomic mass is 19.1. The minimum Gasteiger partial charge on any atom is -0.504 e. The summed E-state index contributed by atoms with van der Waals surface area (Å²) >= 11 is 0. The molecule has 2 aromatic carbocycles. The number of carbonyl (C=O) groups is 1. The zero-order valence-electron chi connectivity index (χ0n) is 13.9. The number of carboxylic acid groups (broad SMARTS) is 1. The Kier molecular flexibility index (Phi) is 3.50. The summed E-state index contributed by atoms with van der Waals surface area (Å²) in [7, 11) is 0. The van der Waals surface area contributed by atoms with E-state index in [0.29, 0.717) is 12.8 Å². The summed E-state index contributed by atoms with van der Waals surface area (Å²) < 4.78 is 15.9. The normalized spacial score (nSPS) is 15.0. The number of phenols is 2. The van der Waals surface area contributed by atoms with Crippen molar-refractivity contribution in [2.45, 2.75) is 18.4 Å². The second-order valence-electron chi connectivity index (χ2n) is 6.73. The molecular weight excluding hydrogens is 355 g/mol. The van der Waals surface area contributed by atoms with Gasteiger partial charge in [-0.1, -0.05) is 0 Å². The van der Waals surface area contributed by atoms with Gasteiger partial charge in [-0.2, -0.15) is 0 Å². The van der Waals surface area contributed by atoms with Crippen LogP contribution >= 0.6 is 0 Å². The molecule has 1 aliphatic rings. The van der Waals surface area contributed by atoms with Gasteiger partial charge in [0.2, 0.25) is 5.43 Å². The number of aromatic carboxylic acids is 1. The number of fused-ring (bicyclic) bond motifs is 1. The van der Waals surface area contributed by atoms with E-state index >= 15 is 0 Å². The van der Waals surface area contributed by atoms with Gasteiger partial charge in [0.15, 0.2) is 11.5 Å². The lowest BCUT2D eigenvalue weighted by atomic mass is 10.0. The van der Waals surface area contributed by atoms with Gasteiger partial charge in [0.25, 0.3) is 0 Å². The van der Waals surface area contributed by atoms with Crippen molar-refractivity contribution < 1.29 is 24.5 Å². The molecule has 1 aromatic heterocycles. The summed E-state index contributed by atoms with van der Waals surface area (Å²) in [5.41, 5.74) is 4.74. The van der Waals surface area contributed by atoms with Crippen molar-refractivity contribution in [3.8, 4) is 17.2 Å². The van der Waals surface area contributed by atoms with Crippen LogP contribution in [-0.2, 0) is 5.54 Å². The van der Waals surface area contributed by atoms with E-state index in [4.69, 9.17) is 5.73 Å². The van der Waals surface area contributed by atoms with Crippen molar-refractivity contribution in [2.75, 3.05) is 0 Å². The number of halogens is 1. The summed E-state index contributed by atoms with van der Waals surface area (Å²) in [5.74, 6) is -2.90. The van der Waals surface area contributed by atoms with E-state index in [2.05, 4.69) is 0 Å². The maximum Gasteiger partial charge on any atom is 0.341 e. The third-order valence-corrected chi connectivity index (χ3v) is 4.89. The Morgan fingerprint density at radius 2 is 1.85 bits per heavy atom. The summed E-state index contributed by atoms with van der Waals surface area (Å²) in [5, 5.41) is 28.5. The molecule has 1 aliphatic carbocycles. The smallest absolute Gasteiger partial charge is 0.341 e. The van der Waals surface area contributed by atoms with Gasteiger partial charge in [0.1, 0.15) is 11.4 Å². The van der Waals surface area contributed by atoms with E-state index in [9.17, 15) is 29.3 Å². The van der Waals surface area contributed by atoms with Gasteiger partial charge in [-0.25, -0.2) is 9.18 Å². The minimum absolute atomic E-state index is 0.118. The molecule has 0 bridgehead atoms. The zero-order chi connectivity index (χ0) is 19.5. The van der Waals surface area contributed by atoms with Crippen LogP contribution in [0.2, 0.25) is 0 Å². The highest BCUT2D eigenvalue weighted by Crippen LogP contribution is 2.44. The van der Waals surface area contributed by atoms with Crippen LogP contribution in [0.4, 0.5) is 4.39 Å². The van der Waals surface area contributed by atoms with E-state index in [1.54, 1.807) is 0 Å². The Labute approximate surface area is 151 Å². The van der Waals surface area contributed by atoms with Gasteiger partial charge in [-0.05, 0) is 37.1 Å². The summed E-state index contributed by atoms with van der Waals surface area (Å²) in [6.45, 7) is 0. The molecule has 0 amide bonds. The molecule has 138 valence electrons. The fourth-order valence-electron chi connectivity index (χ4n) is 3.16. The zero-order valence-corrected chi connectivity index (χ0v) is 13.9. The van der Waals surface area contributed by atoms with Crippen molar-refractivity contribution in [3.63, 3.8) is 0 Å². The number of pyridine rings is 1. The number of hydrogen-bond donors (Lipinski definition) is 4. The van der Waals surface area contributed by atoms with E-state index in [0.717, 1.165) is 12.3 Å². The number of aromatic hydroxyl groups is 2. The molecule has 5 N–H and O–H groups in total. The molecule has 1 heterocycles. The van der Waals surface area contributed by atoms with Gasteiger partial charge in [-0.15, -0.1) is 0 Å². The Bertz CT molecular complexity index is 1180. The molecule has 0 radical (unpaired) electrons. The Morgan fingerprint density at radius 3 is 2.44 bits per heavy atom. The lowest BCUT2D eigenvalue weighted by Crippen LogP contribution is -2.23. The molecule has 0 spiro atoms. The summed E-state index contributed by atoms with van der Waals surface area (Å²) in [6.07, 6.45) is 2.32. The Hall–Kier alpha value is -3.39. The first-order valence-electron chi connectivity index (χ1n) is 8.15. The average Bonchev–Trinajstić information content (AvgIpc) is 3.36. The summed E-state index contributed by atoms with van der Waals surface area (Å²) in [6, 6.07) is 6.31. The van der Waals surface area contributed by atoms with Crippen LogP contribution in [0.25, 0.3) is 16.6 Å². The van der Waals surface area contributed by atoms with Crippen molar-refractivity contribution in [2.24, 2.45) is 5.73 Å². The van der Waals surface area contributed by atoms with E-state index in [1.807, 2.05) is 0 Å². The molecule has 3 aromatic rings. The molecule has 4 rings (SSSR count). The number of nitrogens with two attached hydrogens (primary N) is 1. The standard InChI is InChI=1S/C19H15FN2O5/c20-13-6-10-14(7-12(13)19(21)3-4-19)22(8-11(17(10)25)18(26)27)9-1-2-15(23)16(24)5-9/h1-2,5-8,23-24H,3-4,21H2,(H,26,27). The maximum atomic E-state index is 14.6. The van der Waals surface area contributed by atoms with Crippen molar-refractivity contribution in [1.82, 2.24) is 4.57 Å². The topological polar surface area (TPSA) is 126 Å². The van der Waals surface area contributed by atoms with Gasteiger partial charge in [-0.3, -0.25) is 4.79 Å². The largest absolute Gasteiger partial charge is 0.504 e. The van der Waals surface area contributed by atoms with Gasteiger partial charge < -0.3 is 25.6 Å². The van der Waals surface area contributed by atoms with Crippen molar-refractivity contribution >= 4 is 16.9 Å². The van der Waals surface area contributed by atoms with Crippen LogP contribution in [0, 0.1) is 5.82 Å². The summed E-state index contributed by atoms with van der Waals surface area (Å²) in [4.78, 5) is 24.0. The molecule has 0 unspecified atom stereocenters. The van der Waals surface area contributed by atoms with E-state index in [-0.39, 0.29) is 27.9 Å². The first-order chi connectivity index (χ1) is 12.7. The second-order valence-corrected chi connectivity index (χ2v) is 6.73. The number of nitrogens with zero attached hydrogens (tertiary/aromatic N) is 1. The van der Waals surface area contributed by atoms with E-state index < -0.39 is 34.1 Å². The van der Waals surface area contributed by atoms with Crippen LogP contribution in [-0.4, -0.2) is 25.9 Å². The minimum atomic E-state index is -1.46. The molecular formula is C19H15FN2O5. The molecule has 1 fully saturated rings. The quantitative estimate of drug-likeness (QED) is 0.524. The van der Waals surface area contributed by atoms with Crippen LogP contribution in [0.1, 0.15) is 28.8 Å². The molecule has 0 aliphatic heterocycles. The van der Waals surface area contributed by atoms with Crippen molar-refractivity contribution in [1.29, 1.82) is 0 Å². The molecule has 7 nitrogen and oxygen atoms in total. The molecule has 0 saturated heterocycles. The molecule has 8 heteroatoms. The average molecular weight is 370 g/mol. The number of aromatic nitrogens is 1. The first-order valence-corrected chi connectivity index (χ1v) is 8.15.